The average Bonchev–Trinajstić information content (AvgIpc) is 2.46. The molecule has 0 bridgehead atoms. The highest BCUT2D eigenvalue weighted by atomic mass is 32.2. The third kappa shape index (κ3) is 5.11. The number of sulfonamides is 1. The molecule has 2 N–H and O–H groups in total. The second-order valence-electron chi connectivity index (χ2n) is 4.85. The summed E-state index contributed by atoms with van der Waals surface area (Å²) in [5.41, 5.74) is 0.426. The van der Waals surface area contributed by atoms with E-state index in [1.807, 2.05) is 0 Å². The third-order valence-electron chi connectivity index (χ3n) is 3.02. The molecule has 21 heavy (non-hydrogen) atoms. The predicted molar refractivity (Wildman–Crippen MR) is 80.6 cm³/mol. The first kappa shape index (κ1) is 17.6. The van der Waals surface area contributed by atoms with E-state index in [2.05, 4.69) is 5.32 Å². The van der Waals surface area contributed by atoms with Crippen LogP contribution in [-0.4, -0.2) is 51.0 Å². The second kappa shape index (κ2) is 8.11. The van der Waals surface area contributed by atoms with Crippen molar-refractivity contribution in [1.82, 2.24) is 9.62 Å². The number of aliphatic hydroxyl groups is 1. The molecule has 0 unspecified atom stereocenters. The molecule has 118 valence electrons. The van der Waals surface area contributed by atoms with E-state index in [-0.39, 0.29) is 17.4 Å². The van der Waals surface area contributed by atoms with Gasteiger partial charge in [-0.25, -0.2) is 12.7 Å². The van der Waals surface area contributed by atoms with Crippen molar-refractivity contribution in [2.45, 2.75) is 24.2 Å². The molecule has 0 aliphatic rings. The van der Waals surface area contributed by atoms with Crippen LogP contribution in [0.25, 0.3) is 0 Å². The molecule has 0 atom stereocenters. The maximum Gasteiger partial charge on any atom is 0.251 e. The fraction of sp³-hybridized carbons (Fsp3) is 0.500. The molecule has 0 heterocycles. The molecule has 0 radical (unpaired) electrons. The lowest BCUT2D eigenvalue weighted by atomic mass is 10.2. The molecule has 0 saturated heterocycles. The van der Waals surface area contributed by atoms with Crippen LogP contribution in [0.2, 0.25) is 0 Å². The zero-order valence-electron chi connectivity index (χ0n) is 12.4. The fourth-order valence-electron chi connectivity index (χ4n) is 1.71. The van der Waals surface area contributed by atoms with Gasteiger partial charge in [-0.05, 0) is 43.5 Å². The summed E-state index contributed by atoms with van der Waals surface area (Å²) in [5.74, 6) is -0.229. The number of unbranched alkanes of at least 4 members (excludes halogenated alkanes) is 2. The Labute approximate surface area is 125 Å². The summed E-state index contributed by atoms with van der Waals surface area (Å²) in [4.78, 5) is 12.0. The van der Waals surface area contributed by atoms with Crippen molar-refractivity contribution in [1.29, 1.82) is 0 Å². The average molecular weight is 314 g/mol. The van der Waals surface area contributed by atoms with Gasteiger partial charge in [-0.15, -0.1) is 0 Å². The fourth-order valence-corrected chi connectivity index (χ4v) is 2.61. The smallest absolute Gasteiger partial charge is 0.251 e. The number of rotatable bonds is 8. The molecule has 0 aliphatic heterocycles. The van der Waals surface area contributed by atoms with Gasteiger partial charge in [0.1, 0.15) is 0 Å². The van der Waals surface area contributed by atoms with Crippen LogP contribution < -0.4 is 5.32 Å². The second-order valence-corrected chi connectivity index (χ2v) is 7.00. The maximum absolute atomic E-state index is 11.9. The lowest BCUT2D eigenvalue weighted by Crippen LogP contribution is -2.25. The van der Waals surface area contributed by atoms with E-state index in [0.29, 0.717) is 12.1 Å². The predicted octanol–water partition coefficient (Wildman–Crippen LogP) is 0.829. The van der Waals surface area contributed by atoms with Crippen molar-refractivity contribution in [3.8, 4) is 0 Å². The van der Waals surface area contributed by atoms with Gasteiger partial charge < -0.3 is 10.4 Å². The Morgan fingerprint density at radius 3 is 2.29 bits per heavy atom. The first-order chi connectivity index (χ1) is 9.89. The van der Waals surface area contributed by atoms with Crippen molar-refractivity contribution in [3.05, 3.63) is 29.8 Å². The molecule has 0 aliphatic carbocycles. The van der Waals surface area contributed by atoms with E-state index >= 15 is 0 Å². The molecular weight excluding hydrogens is 292 g/mol. The first-order valence-corrected chi connectivity index (χ1v) is 8.25. The standard InChI is InChI=1S/C14H22N2O4S/c1-16(2)21(19,20)13-8-6-12(7-9-13)14(18)15-10-4-3-5-11-17/h6-9,17H,3-5,10-11H2,1-2H3,(H,15,18). The van der Waals surface area contributed by atoms with Gasteiger partial charge in [0.15, 0.2) is 0 Å². The summed E-state index contributed by atoms with van der Waals surface area (Å²) < 4.78 is 24.9. The van der Waals surface area contributed by atoms with Crippen LogP contribution in [0.3, 0.4) is 0 Å². The van der Waals surface area contributed by atoms with Gasteiger partial charge >= 0.3 is 0 Å². The highest BCUT2D eigenvalue weighted by Crippen LogP contribution is 2.13. The molecule has 1 aromatic rings. The Bertz CT molecular complexity index is 553. The largest absolute Gasteiger partial charge is 0.396 e. The van der Waals surface area contributed by atoms with Crippen LogP contribution in [0.4, 0.5) is 0 Å². The Morgan fingerprint density at radius 2 is 1.76 bits per heavy atom. The molecule has 1 amide bonds. The molecular formula is C14H22N2O4S. The van der Waals surface area contributed by atoms with E-state index in [0.717, 1.165) is 23.6 Å². The number of hydrogen-bond donors (Lipinski definition) is 2. The van der Waals surface area contributed by atoms with Gasteiger partial charge in [0, 0.05) is 32.8 Å². The minimum absolute atomic E-state index is 0.159. The van der Waals surface area contributed by atoms with E-state index in [4.69, 9.17) is 5.11 Å². The van der Waals surface area contributed by atoms with E-state index in [1.165, 1.54) is 38.4 Å². The van der Waals surface area contributed by atoms with Crippen LogP contribution >= 0.6 is 0 Å². The molecule has 0 spiro atoms. The van der Waals surface area contributed by atoms with Crippen molar-refractivity contribution in [2.75, 3.05) is 27.2 Å². The Balaban J connectivity index is 2.60. The number of hydrogen-bond acceptors (Lipinski definition) is 4. The molecule has 7 heteroatoms. The molecule has 6 nitrogen and oxygen atoms in total. The summed E-state index contributed by atoms with van der Waals surface area (Å²) in [6.07, 6.45) is 2.39. The highest BCUT2D eigenvalue weighted by molar-refractivity contribution is 7.89. The van der Waals surface area contributed by atoms with E-state index in [1.54, 1.807) is 0 Å². The van der Waals surface area contributed by atoms with Crippen LogP contribution in [0.1, 0.15) is 29.6 Å². The van der Waals surface area contributed by atoms with E-state index < -0.39 is 10.0 Å². The Hall–Kier alpha value is -1.44. The van der Waals surface area contributed by atoms with Gasteiger partial charge in [-0.3, -0.25) is 4.79 Å². The van der Waals surface area contributed by atoms with Crippen molar-refractivity contribution in [3.63, 3.8) is 0 Å². The summed E-state index contributed by atoms with van der Waals surface area (Å²) >= 11 is 0. The molecule has 0 saturated carbocycles. The number of amides is 1. The van der Waals surface area contributed by atoms with Crippen molar-refractivity contribution in [2.24, 2.45) is 0 Å². The van der Waals surface area contributed by atoms with Gasteiger partial charge in [0.2, 0.25) is 10.0 Å². The van der Waals surface area contributed by atoms with Gasteiger partial charge in [0.05, 0.1) is 4.90 Å². The van der Waals surface area contributed by atoms with Gasteiger partial charge in [0.25, 0.3) is 5.91 Å². The Morgan fingerprint density at radius 1 is 1.14 bits per heavy atom. The van der Waals surface area contributed by atoms with Crippen molar-refractivity contribution < 1.29 is 18.3 Å². The summed E-state index contributed by atoms with van der Waals surface area (Å²) in [7, 11) is -0.547. The summed E-state index contributed by atoms with van der Waals surface area (Å²) in [6.45, 7) is 0.701. The van der Waals surface area contributed by atoms with Crippen LogP contribution in [-0.2, 0) is 10.0 Å². The highest BCUT2D eigenvalue weighted by Gasteiger charge is 2.17. The normalized spacial score (nSPS) is 11.6. The zero-order valence-corrected chi connectivity index (χ0v) is 13.2. The SMILES string of the molecule is CN(C)S(=O)(=O)c1ccc(C(=O)NCCCCCO)cc1. The van der Waals surface area contributed by atoms with Gasteiger partial charge in [-0.2, -0.15) is 0 Å². The van der Waals surface area contributed by atoms with Crippen molar-refractivity contribution >= 4 is 15.9 Å². The number of nitrogens with zero attached hydrogens (tertiary/aromatic N) is 1. The molecule has 0 fully saturated rings. The molecule has 1 rings (SSSR count). The van der Waals surface area contributed by atoms with Crippen LogP contribution in [0.15, 0.2) is 29.2 Å². The lowest BCUT2D eigenvalue weighted by Gasteiger charge is -2.11. The number of carbonyl (C=O) groups is 1. The Kier molecular flexibility index (Phi) is 6.80. The molecule has 1 aromatic carbocycles. The first-order valence-electron chi connectivity index (χ1n) is 6.81. The summed E-state index contributed by atoms with van der Waals surface area (Å²) in [5, 5.41) is 11.4. The minimum atomic E-state index is -3.47. The summed E-state index contributed by atoms with van der Waals surface area (Å²) in [6, 6.07) is 5.85. The van der Waals surface area contributed by atoms with Crippen LogP contribution in [0.5, 0.6) is 0 Å². The number of carbonyl (C=O) groups excluding carboxylic acids is 1. The quantitative estimate of drug-likeness (QED) is 0.696. The van der Waals surface area contributed by atoms with E-state index in [9.17, 15) is 13.2 Å². The topological polar surface area (TPSA) is 86.7 Å². The number of aliphatic hydroxyl groups excluding tert-OH is 1. The number of benzene rings is 1. The molecule has 0 aromatic heterocycles. The zero-order chi connectivity index (χ0) is 15.9. The third-order valence-corrected chi connectivity index (χ3v) is 4.84. The lowest BCUT2D eigenvalue weighted by molar-refractivity contribution is 0.0952. The van der Waals surface area contributed by atoms with Crippen LogP contribution in [0, 0.1) is 0 Å². The number of nitrogens with one attached hydrogen (secondary N) is 1. The van der Waals surface area contributed by atoms with Gasteiger partial charge in [-0.1, -0.05) is 0 Å². The minimum Gasteiger partial charge on any atom is -0.396 e. The monoisotopic (exact) mass is 314 g/mol. The maximum atomic E-state index is 11.9.